The zero-order chi connectivity index (χ0) is 8.97. The molecule has 0 unspecified atom stereocenters. The van der Waals surface area contributed by atoms with Crippen molar-refractivity contribution >= 4 is 5.97 Å². The molecule has 0 amide bonds. The van der Waals surface area contributed by atoms with E-state index in [-0.39, 0.29) is 36.0 Å². The Hall–Kier alpha value is 0.470. The first-order valence-corrected chi connectivity index (χ1v) is 4.92. The second-order valence-electron chi connectivity index (χ2n) is 3.87. The SMILES string of the molecule is CCC1CCC(CC(=O)[O-])CC1.[Na+]. The molecule has 1 rings (SSSR count). The van der Waals surface area contributed by atoms with Gasteiger partial charge in [0.2, 0.25) is 0 Å². The Morgan fingerprint density at radius 2 is 1.69 bits per heavy atom. The van der Waals surface area contributed by atoms with E-state index in [1.807, 2.05) is 0 Å². The molecule has 0 spiro atoms. The summed E-state index contributed by atoms with van der Waals surface area (Å²) >= 11 is 0. The van der Waals surface area contributed by atoms with Crippen molar-refractivity contribution in [1.29, 1.82) is 0 Å². The molecule has 0 N–H and O–H groups in total. The molecule has 0 radical (unpaired) electrons. The van der Waals surface area contributed by atoms with E-state index in [0.29, 0.717) is 5.92 Å². The number of aliphatic carboxylic acids is 1. The van der Waals surface area contributed by atoms with Gasteiger partial charge in [0.05, 0.1) is 0 Å². The van der Waals surface area contributed by atoms with Crippen molar-refractivity contribution in [3.05, 3.63) is 0 Å². The van der Waals surface area contributed by atoms with E-state index in [9.17, 15) is 9.90 Å². The average molecular weight is 192 g/mol. The van der Waals surface area contributed by atoms with Crippen LogP contribution < -0.4 is 34.7 Å². The standard InChI is InChI=1S/C10H18O2.Na/c1-2-8-3-5-9(6-4-8)7-10(11)12;/h8-9H,2-7H2,1H3,(H,11,12);/q;+1/p-1. The fraction of sp³-hybridized carbons (Fsp3) is 0.900. The molecule has 0 aromatic heterocycles. The van der Waals surface area contributed by atoms with Crippen LogP contribution in [0.2, 0.25) is 0 Å². The molecule has 3 heteroatoms. The molecule has 1 saturated carbocycles. The number of carboxylic acid groups (broad SMARTS) is 1. The molecule has 0 heterocycles. The van der Waals surface area contributed by atoms with Gasteiger partial charge in [-0.2, -0.15) is 0 Å². The van der Waals surface area contributed by atoms with Crippen LogP contribution in [0, 0.1) is 11.8 Å². The van der Waals surface area contributed by atoms with Crippen LogP contribution in [0.15, 0.2) is 0 Å². The van der Waals surface area contributed by atoms with E-state index in [0.717, 1.165) is 18.8 Å². The zero-order valence-electron chi connectivity index (χ0n) is 8.71. The average Bonchev–Trinajstić information content (AvgIpc) is 2.05. The molecule has 0 aromatic rings. The van der Waals surface area contributed by atoms with Crippen molar-refractivity contribution in [2.24, 2.45) is 11.8 Å². The maximum Gasteiger partial charge on any atom is 1.00 e. The predicted molar refractivity (Wildman–Crippen MR) is 45.4 cm³/mol. The summed E-state index contributed by atoms with van der Waals surface area (Å²) < 4.78 is 0. The van der Waals surface area contributed by atoms with E-state index >= 15 is 0 Å². The van der Waals surface area contributed by atoms with E-state index in [4.69, 9.17) is 0 Å². The number of carbonyl (C=O) groups is 1. The van der Waals surface area contributed by atoms with Gasteiger partial charge in [-0.05, 0) is 31.1 Å². The topological polar surface area (TPSA) is 40.1 Å². The smallest absolute Gasteiger partial charge is 0.550 e. The van der Waals surface area contributed by atoms with Crippen molar-refractivity contribution in [3.63, 3.8) is 0 Å². The summed E-state index contributed by atoms with van der Waals surface area (Å²) in [5, 5.41) is 10.3. The fourth-order valence-corrected chi connectivity index (χ4v) is 2.08. The van der Waals surface area contributed by atoms with Crippen molar-refractivity contribution in [2.75, 3.05) is 0 Å². The molecule has 2 nitrogen and oxygen atoms in total. The van der Waals surface area contributed by atoms with E-state index in [1.165, 1.54) is 19.3 Å². The molecule has 0 bridgehead atoms. The number of hydrogen-bond acceptors (Lipinski definition) is 2. The van der Waals surface area contributed by atoms with Crippen LogP contribution in [-0.4, -0.2) is 5.97 Å². The van der Waals surface area contributed by atoms with Crippen LogP contribution in [0.25, 0.3) is 0 Å². The van der Waals surface area contributed by atoms with Crippen LogP contribution in [0.3, 0.4) is 0 Å². The van der Waals surface area contributed by atoms with Gasteiger partial charge in [-0.25, -0.2) is 0 Å². The number of rotatable bonds is 3. The second kappa shape index (κ2) is 6.86. The van der Waals surface area contributed by atoms with Gasteiger partial charge in [0.1, 0.15) is 0 Å². The molecule has 0 saturated heterocycles. The summed E-state index contributed by atoms with van der Waals surface area (Å²) in [6.07, 6.45) is 6.14. The summed E-state index contributed by atoms with van der Waals surface area (Å²) in [7, 11) is 0. The van der Waals surface area contributed by atoms with Gasteiger partial charge >= 0.3 is 29.6 Å². The van der Waals surface area contributed by atoms with E-state index in [2.05, 4.69) is 6.92 Å². The van der Waals surface area contributed by atoms with Gasteiger partial charge in [-0.15, -0.1) is 0 Å². The van der Waals surface area contributed by atoms with Gasteiger partial charge in [0.25, 0.3) is 0 Å². The molecule has 0 aromatic carbocycles. The summed E-state index contributed by atoms with van der Waals surface area (Å²) in [6.45, 7) is 2.21. The zero-order valence-corrected chi connectivity index (χ0v) is 10.7. The second-order valence-corrected chi connectivity index (χ2v) is 3.87. The van der Waals surface area contributed by atoms with Gasteiger partial charge in [0.15, 0.2) is 0 Å². The Labute approximate surface area is 102 Å². The van der Waals surface area contributed by atoms with Crippen LogP contribution in [0.4, 0.5) is 0 Å². The third kappa shape index (κ3) is 5.04. The Morgan fingerprint density at radius 3 is 2.08 bits per heavy atom. The molecule has 13 heavy (non-hydrogen) atoms. The third-order valence-electron chi connectivity index (χ3n) is 3.00. The van der Waals surface area contributed by atoms with Gasteiger partial charge < -0.3 is 9.90 Å². The van der Waals surface area contributed by atoms with E-state index in [1.54, 1.807) is 0 Å². The number of carbonyl (C=O) groups excluding carboxylic acids is 1. The van der Waals surface area contributed by atoms with Crippen LogP contribution in [-0.2, 0) is 4.79 Å². The summed E-state index contributed by atoms with van der Waals surface area (Å²) in [4.78, 5) is 10.3. The predicted octanol–water partition coefficient (Wildman–Crippen LogP) is -1.65. The third-order valence-corrected chi connectivity index (χ3v) is 3.00. The first-order chi connectivity index (χ1) is 5.72. The molecule has 70 valence electrons. The molecule has 1 fully saturated rings. The normalized spacial score (nSPS) is 27.8. The first kappa shape index (κ1) is 13.5. The molecule has 1 aliphatic rings. The number of carboxylic acids is 1. The van der Waals surface area contributed by atoms with E-state index < -0.39 is 5.97 Å². The fourth-order valence-electron chi connectivity index (χ4n) is 2.08. The summed E-state index contributed by atoms with van der Waals surface area (Å²) in [5.74, 6) is 0.371. The quantitative estimate of drug-likeness (QED) is 0.502. The van der Waals surface area contributed by atoms with Crippen molar-refractivity contribution in [1.82, 2.24) is 0 Å². The van der Waals surface area contributed by atoms with Crippen molar-refractivity contribution in [3.8, 4) is 0 Å². The maximum absolute atomic E-state index is 10.3. The molecule has 0 atom stereocenters. The molecular formula is C10H17NaO2. The van der Waals surface area contributed by atoms with Crippen LogP contribution in [0.5, 0.6) is 0 Å². The Kier molecular flexibility index (Phi) is 7.10. The minimum absolute atomic E-state index is 0. The Balaban J connectivity index is 0.00000144. The van der Waals surface area contributed by atoms with Gasteiger partial charge in [0, 0.05) is 5.97 Å². The summed E-state index contributed by atoms with van der Waals surface area (Å²) in [6, 6.07) is 0. The van der Waals surface area contributed by atoms with Crippen LogP contribution >= 0.6 is 0 Å². The van der Waals surface area contributed by atoms with Gasteiger partial charge in [-0.3, -0.25) is 0 Å². The van der Waals surface area contributed by atoms with Crippen molar-refractivity contribution in [2.45, 2.75) is 45.4 Å². The Morgan fingerprint density at radius 1 is 1.23 bits per heavy atom. The molecule has 1 aliphatic carbocycles. The minimum atomic E-state index is -0.880. The largest absolute Gasteiger partial charge is 1.00 e. The molecule has 0 aliphatic heterocycles. The summed E-state index contributed by atoms with van der Waals surface area (Å²) in [5.41, 5.74) is 0. The van der Waals surface area contributed by atoms with Crippen molar-refractivity contribution < 1.29 is 39.5 Å². The molecular weight excluding hydrogens is 175 g/mol. The van der Waals surface area contributed by atoms with Crippen LogP contribution in [0.1, 0.15) is 45.4 Å². The van der Waals surface area contributed by atoms with Gasteiger partial charge in [-0.1, -0.05) is 26.2 Å². The maximum atomic E-state index is 10.3. The first-order valence-electron chi connectivity index (χ1n) is 4.92. The monoisotopic (exact) mass is 192 g/mol. The number of hydrogen-bond donors (Lipinski definition) is 0. The Bertz CT molecular complexity index is 151. The minimum Gasteiger partial charge on any atom is -0.550 e.